The lowest BCUT2D eigenvalue weighted by Crippen LogP contribution is -2.11. The fourth-order valence-electron chi connectivity index (χ4n) is 2.63. The second-order valence-electron chi connectivity index (χ2n) is 5.03. The highest BCUT2D eigenvalue weighted by molar-refractivity contribution is 9.10. The first-order chi connectivity index (χ1) is 8.08. The van der Waals surface area contributed by atoms with Crippen molar-refractivity contribution in [2.24, 2.45) is 13.0 Å². The van der Waals surface area contributed by atoms with Crippen molar-refractivity contribution in [2.75, 3.05) is 0 Å². The van der Waals surface area contributed by atoms with E-state index in [0.29, 0.717) is 11.7 Å². The molecule has 0 bridgehead atoms. The van der Waals surface area contributed by atoms with E-state index >= 15 is 0 Å². The van der Waals surface area contributed by atoms with E-state index in [1.807, 2.05) is 18.7 Å². The molecular weight excluding hydrogens is 280 g/mol. The molecule has 0 aromatic carbocycles. The number of halogens is 1. The molecule has 17 heavy (non-hydrogen) atoms. The third-order valence-electron chi connectivity index (χ3n) is 3.58. The Morgan fingerprint density at radius 1 is 1.47 bits per heavy atom. The summed E-state index contributed by atoms with van der Waals surface area (Å²) in [6, 6.07) is 0. The van der Waals surface area contributed by atoms with Crippen LogP contribution in [0.1, 0.15) is 43.5 Å². The van der Waals surface area contributed by atoms with Gasteiger partial charge >= 0.3 is 0 Å². The van der Waals surface area contributed by atoms with Crippen LogP contribution in [-0.4, -0.2) is 15.6 Å². The predicted octanol–water partition coefficient (Wildman–Crippen LogP) is 3.18. The first kappa shape index (κ1) is 12.8. The Morgan fingerprint density at radius 3 is 2.88 bits per heavy atom. The van der Waals surface area contributed by atoms with Crippen LogP contribution in [-0.2, 0) is 18.3 Å². The van der Waals surface area contributed by atoms with Gasteiger partial charge in [-0.15, -0.1) is 0 Å². The van der Waals surface area contributed by atoms with Gasteiger partial charge in [-0.05, 0) is 48.0 Å². The molecule has 2 rings (SSSR count). The Morgan fingerprint density at radius 2 is 2.24 bits per heavy atom. The largest absolute Gasteiger partial charge is 0.300 e. The molecule has 94 valence electrons. The van der Waals surface area contributed by atoms with Crippen molar-refractivity contribution >= 4 is 21.7 Å². The van der Waals surface area contributed by atoms with Gasteiger partial charge in [-0.25, -0.2) is 0 Å². The Kier molecular flexibility index (Phi) is 4.02. The van der Waals surface area contributed by atoms with Crippen molar-refractivity contribution in [2.45, 2.75) is 45.4 Å². The zero-order valence-corrected chi connectivity index (χ0v) is 12.1. The number of hydrogen-bond acceptors (Lipinski definition) is 2. The maximum atomic E-state index is 11.6. The zero-order chi connectivity index (χ0) is 12.4. The molecule has 1 unspecified atom stereocenters. The molecule has 1 aromatic rings. The van der Waals surface area contributed by atoms with E-state index in [2.05, 4.69) is 21.0 Å². The summed E-state index contributed by atoms with van der Waals surface area (Å²) in [6.45, 7) is 2.01. The van der Waals surface area contributed by atoms with Crippen molar-refractivity contribution < 1.29 is 4.79 Å². The molecule has 1 saturated carbocycles. The molecule has 1 aliphatic carbocycles. The minimum absolute atomic E-state index is 0.433. The van der Waals surface area contributed by atoms with Crippen LogP contribution in [0.5, 0.6) is 0 Å². The molecule has 0 spiro atoms. The van der Waals surface area contributed by atoms with Gasteiger partial charge < -0.3 is 0 Å². The Hall–Kier alpha value is -0.640. The van der Waals surface area contributed by atoms with Gasteiger partial charge in [0.25, 0.3) is 0 Å². The minimum Gasteiger partial charge on any atom is -0.300 e. The quantitative estimate of drug-likeness (QED) is 0.786. The van der Waals surface area contributed by atoms with Crippen LogP contribution >= 0.6 is 15.9 Å². The predicted molar refractivity (Wildman–Crippen MR) is 70.9 cm³/mol. The van der Waals surface area contributed by atoms with E-state index in [9.17, 15) is 4.79 Å². The zero-order valence-electron chi connectivity index (χ0n) is 10.5. The monoisotopic (exact) mass is 298 g/mol. The average Bonchev–Trinajstić information content (AvgIpc) is 2.46. The number of aryl methyl sites for hydroxylation is 2. The van der Waals surface area contributed by atoms with E-state index in [4.69, 9.17) is 0 Å². The van der Waals surface area contributed by atoms with Crippen molar-refractivity contribution in [1.29, 1.82) is 0 Å². The third-order valence-corrected chi connectivity index (χ3v) is 4.61. The van der Waals surface area contributed by atoms with Gasteiger partial charge in [0.1, 0.15) is 5.78 Å². The molecule has 3 nitrogen and oxygen atoms in total. The summed E-state index contributed by atoms with van der Waals surface area (Å²) in [5.74, 6) is 0.929. The highest BCUT2D eigenvalue weighted by Gasteiger charge is 2.21. The fourth-order valence-corrected chi connectivity index (χ4v) is 3.13. The van der Waals surface area contributed by atoms with Gasteiger partial charge in [-0.2, -0.15) is 5.10 Å². The number of carbonyl (C=O) groups excluding carboxylic acids is 1. The van der Waals surface area contributed by atoms with Crippen molar-refractivity contribution in [3.05, 3.63) is 15.9 Å². The minimum atomic E-state index is 0.433. The number of rotatable bonds is 2. The second-order valence-corrected chi connectivity index (χ2v) is 5.82. The number of carbonyl (C=O) groups is 1. The number of aromatic nitrogens is 2. The molecule has 1 aromatic heterocycles. The number of Topliss-reactive ketones (excluding diaryl/α,β-unsaturated/α-hetero) is 1. The fraction of sp³-hybridized carbons (Fsp3) is 0.692. The molecule has 0 amide bonds. The Balaban J connectivity index is 2.11. The number of nitrogens with zero attached hydrogens (tertiary/aromatic N) is 2. The van der Waals surface area contributed by atoms with Gasteiger partial charge in [0.05, 0.1) is 15.9 Å². The third kappa shape index (κ3) is 2.97. The van der Waals surface area contributed by atoms with Gasteiger partial charge in [-0.1, -0.05) is 6.42 Å². The molecule has 4 heteroatoms. The van der Waals surface area contributed by atoms with E-state index in [-0.39, 0.29) is 0 Å². The summed E-state index contributed by atoms with van der Waals surface area (Å²) < 4.78 is 3.05. The maximum Gasteiger partial charge on any atom is 0.133 e. The normalized spacial score (nSPS) is 21.6. The first-order valence-electron chi connectivity index (χ1n) is 6.27. The standard InChI is InChI=1S/C13H19BrN2O/c1-9-13(14)12(16(2)15-9)8-10-5-3-4-6-11(17)7-10/h10H,3-8H2,1-2H3. The summed E-state index contributed by atoms with van der Waals surface area (Å²) in [5.41, 5.74) is 2.25. The molecule has 1 fully saturated rings. The molecule has 0 saturated heterocycles. The van der Waals surface area contributed by atoms with Crippen LogP contribution in [0.25, 0.3) is 0 Å². The van der Waals surface area contributed by atoms with Gasteiger partial charge in [0, 0.05) is 19.9 Å². The maximum absolute atomic E-state index is 11.6. The van der Waals surface area contributed by atoms with Crippen molar-refractivity contribution in [3.63, 3.8) is 0 Å². The highest BCUT2D eigenvalue weighted by Crippen LogP contribution is 2.28. The van der Waals surface area contributed by atoms with E-state index in [1.165, 1.54) is 18.5 Å². The molecule has 1 atom stereocenters. The van der Waals surface area contributed by atoms with Crippen molar-refractivity contribution in [3.8, 4) is 0 Å². The molecule has 1 aliphatic rings. The lowest BCUT2D eigenvalue weighted by molar-refractivity contribution is -0.119. The van der Waals surface area contributed by atoms with Crippen LogP contribution in [0.15, 0.2) is 4.47 Å². The average molecular weight is 299 g/mol. The second kappa shape index (κ2) is 5.34. The molecular formula is C13H19BrN2O. The van der Waals surface area contributed by atoms with Crippen LogP contribution in [0.3, 0.4) is 0 Å². The molecule has 0 N–H and O–H groups in total. The van der Waals surface area contributed by atoms with Crippen molar-refractivity contribution in [1.82, 2.24) is 9.78 Å². The van der Waals surface area contributed by atoms with Crippen LogP contribution in [0, 0.1) is 12.8 Å². The van der Waals surface area contributed by atoms with Crippen LogP contribution in [0.4, 0.5) is 0 Å². The highest BCUT2D eigenvalue weighted by atomic mass is 79.9. The van der Waals surface area contributed by atoms with Gasteiger partial charge in [0.15, 0.2) is 0 Å². The number of hydrogen-bond donors (Lipinski definition) is 0. The summed E-state index contributed by atoms with van der Waals surface area (Å²) >= 11 is 3.59. The van der Waals surface area contributed by atoms with E-state index in [1.54, 1.807) is 0 Å². The topological polar surface area (TPSA) is 34.9 Å². The molecule has 1 heterocycles. The first-order valence-corrected chi connectivity index (χ1v) is 7.07. The van der Waals surface area contributed by atoms with Gasteiger partial charge in [-0.3, -0.25) is 9.48 Å². The lowest BCUT2D eigenvalue weighted by atomic mass is 9.94. The Labute approximate surface area is 111 Å². The van der Waals surface area contributed by atoms with Crippen LogP contribution in [0.2, 0.25) is 0 Å². The summed E-state index contributed by atoms with van der Waals surface area (Å²) in [7, 11) is 1.98. The smallest absolute Gasteiger partial charge is 0.133 e. The lowest BCUT2D eigenvalue weighted by Gasteiger charge is -2.13. The van der Waals surface area contributed by atoms with E-state index in [0.717, 1.165) is 35.8 Å². The summed E-state index contributed by atoms with van der Waals surface area (Å²) in [5, 5.41) is 4.40. The molecule has 0 radical (unpaired) electrons. The summed E-state index contributed by atoms with van der Waals surface area (Å²) in [4.78, 5) is 11.6. The molecule has 0 aliphatic heterocycles. The Bertz CT molecular complexity index is 425. The number of ketones is 1. The SMILES string of the molecule is Cc1nn(C)c(CC2CCCCC(=O)C2)c1Br. The van der Waals surface area contributed by atoms with E-state index < -0.39 is 0 Å². The van der Waals surface area contributed by atoms with Gasteiger partial charge in [0.2, 0.25) is 0 Å². The van der Waals surface area contributed by atoms with Crippen LogP contribution < -0.4 is 0 Å². The summed E-state index contributed by atoms with van der Waals surface area (Å²) in [6.07, 6.45) is 5.91.